The van der Waals surface area contributed by atoms with E-state index in [9.17, 15) is 0 Å². The number of anilines is 3. The van der Waals surface area contributed by atoms with Crippen molar-refractivity contribution in [2.24, 2.45) is 0 Å². The highest BCUT2D eigenvalue weighted by Gasteiger charge is 2.08. The van der Waals surface area contributed by atoms with E-state index >= 15 is 0 Å². The van der Waals surface area contributed by atoms with Crippen molar-refractivity contribution in [3.8, 4) is 5.75 Å². The fourth-order valence-corrected chi connectivity index (χ4v) is 2.37. The van der Waals surface area contributed by atoms with Crippen LogP contribution in [0, 0.1) is 0 Å². The number of hydrogen-bond donors (Lipinski definition) is 2. The van der Waals surface area contributed by atoms with Crippen molar-refractivity contribution in [1.29, 1.82) is 0 Å². The van der Waals surface area contributed by atoms with Gasteiger partial charge in [0.1, 0.15) is 11.6 Å². The highest BCUT2D eigenvalue weighted by molar-refractivity contribution is 5.90. The standard InChI is InChI=1S/C18H20N4O2/c1-23-11-10-19-17-15-8-3-4-9-16(15)21-18(22-17)20-13-6-5-7-14(12-13)24-2/h3-9,12H,10-11H2,1-2H3,(H2,19,20,21,22). The van der Waals surface area contributed by atoms with Crippen molar-refractivity contribution in [1.82, 2.24) is 9.97 Å². The molecule has 2 N–H and O–H groups in total. The molecule has 0 fully saturated rings. The summed E-state index contributed by atoms with van der Waals surface area (Å²) in [6, 6.07) is 15.6. The van der Waals surface area contributed by atoms with Gasteiger partial charge in [0.15, 0.2) is 0 Å². The van der Waals surface area contributed by atoms with Gasteiger partial charge in [0, 0.05) is 30.8 Å². The molecule has 1 aromatic heterocycles. The fourth-order valence-electron chi connectivity index (χ4n) is 2.37. The van der Waals surface area contributed by atoms with Crippen molar-refractivity contribution < 1.29 is 9.47 Å². The lowest BCUT2D eigenvalue weighted by Gasteiger charge is -2.12. The summed E-state index contributed by atoms with van der Waals surface area (Å²) in [5, 5.41) is 7.50. The molecular formula is C18H20N4O2. The summed E-state index contributed by atoms with van der Waals surface area (Å²) in [6.07, 6.45) is 0. The van der Waals surface area contributed by atoms with Gasteiger partial charge in [0.2, 0.25) is 5.95 Å². The van der Waals surface area contributed by atoms with E-state index in [2.05, 4.69) is 20.6 Å². The van der Waals surface area contributed by atoms with E-state index in [0.29, 0.717) is 19.1 Å². The van der Waals surface area contributed by atoms with E-state index in [1.807, 2.05) is 48.5 Å². The first-order valence-corrected chi connectivity index (χ1v) is 7.71. The predicted octanol–water partition coefficient (Wildman–Crippen LogP) is 3.44. The number of rotatable bonds is 7. The Hall–Kier alpha value is -2.86. The number of hydrogen-bond acceptors (Lipinski definition) is 6. The molecule has 0 saturated heterocycles. The lowest BCUT2D eigenvalue weighted by Crippen LogP contribution is -2.10. The molecule has 0 radical (unpaired) electrons. The average molecular weight is 324 g/mol. The predicted molar refractivity (Wildman–Crippen MR) is 96.2 cm³/mol. The highest BCUT2D eigenvalue weighted by atomic mass is 16.5. The normalized spacial score (nSPS) is 10.6. The second kappa shape index (κ2) is 7.61. The molecule has 0 saturated carbocycles. The summed E-state index contributed by atoms with van der Waals surface area (Å²) in [4.78, 5) is 9.17. The molecule has 6 nitrogen and oxygen atoms in total. The molecule has 6 heteroatoms. The Kier molecular flexibility index (Phi) is 5.08. The molecule has 2 aromatic carbocycles. The van der Waals surface area contributed by atoms with Crippen molar-refractivity contribution in [3.63, 3.8) is 0 Å². The number of methoxy groups -OCH3 is 2. The fraction of sp³-hybridized carbons (Fsp3) is 0.222. The minimum absolute atomic E-state index is 0.530. The number of nitrogens with zero attached hydrogens (tertiary/aromatic N) is 2. The number of nitrogens with one attached hydrogen (secondary N) is 2. The third-order valence-corrected chi connectivity index (χ3v) is 3.53. The monoisotopic (exact) mass is 324 g/mol. The Bertz CT molecular complexity index is 823. The quantitative estimate of drug-likeness (QED) is 0.649. The number of benzene rings is 2. The van der Waals surface area contributed by atoms with E-state index in [0.717, 1.165) is 28.2 Å². The third kappa shape index (κ3) is 3.72. The maximum atomic E-state index is 5.24. The van der Waals surface area contributed by atoms with Crippen LogP contribution in [0.15, 0.2) is 48.5 Å². The van der Waals surface area contributed by atoms with Gasteiger partial charge in [-0.25, -0.2) is 4.98 Å². The molecule has 24 heavy (non-hydrogen) atoms. The molecule has 0 aliphatic carbocycles. The molecular weight excluding hydrogens is 304 g/mol. The van der Waals surface area contributed by atoms with E-state index in [1.54, 1.807) is 14.2 Å². The van der Waals surface area contributed by atoms with Crippen LogP contribution in [0.4, 0.5) is 17.5 Å². The molecule has 1 heterocycles. The second-order valence-corrected chi connectivity index (χ2v) is 5.19. The van der Waals surface area contributed by atoms with Crippen molar-refractivity contribution in [2.75, 3.05) is 38.0 Å². The summed E-state index contributed by atoms with van der Waals surface area (Å²) in [6.45, 7) is 1.28. The Morgan fingerprint density at radius 1 is 1.00 bits per heavy atom. The van der Waals surface area contributed by atoms with Gasteiger partial charge in [0.05, 0.1) is 19.2 Å². The molecule has 124 valence electrons. The molecule has 0 bridgehead atoms. The zero-order valence-electron chi connectivity index (χ0n) is 13.7. The van der Waals surface area contributed by atoms with Crippen LogP contribution in [-0.4, -0.2) is 37.3 Å². The van der Waals surface area contributed by atoms with E-state index in [1.165, 1.54) is 0 Å². The van der Waals surface area contributed by atoms with E-state index in [-0.39, 0.29) is 0 Å². The smallest absolute Gasteiger partial charge is 0.229 e. The van der Waals surface area contributed by atoms with Gasteiger partial charge in [-0.2, -0.15) is 4.98 Å². The first-order valence-electron chi connectivity index (χ1n) is 7.71. The molecule has 3 rings (SSSR count). The minimum Gasteiger partial charge on any atom is -0.497 e. The molecule has 0 aliphatic heterocycles. The molecule has 0 unspecified atom stereocenters. The van der Waals surface area contributed by atoms with Crippen molar-refractivity contribution in [2.45, 2.75) is 0 Å². The molecule has 0 amide bonds. The SMILES string of the molecule is COCCNc1nc(Nc2cccc(OC)c2)nc2ccccc12. The van der Waals surface area contributed by atoms with E-state index < -0.39 is 0 Å². The molecule has 0 aliphatic rings. The Morgan fingerprint density at radius 2 is 1.88 bits per heavy atom. The third-order valence-electron chi connectivity index (χ3n) is 3.53. The van der Waals surface area contributed by atoms with Gasteiger partial charge < -0.3 is 20.1 Å². The van der Waals surface area contributed by atoms with Crippen LogP contribution in [0.2, 0.25) is 0 Å². The van der Waals surface area contributed by atoms with Crippen molar-refractivity contribution in [3.05, 3.63) is 48.5 Å². The maximum absolute atomic E-state index is 5.24. The zero-order valence-corrected chi connectivity index (χ0v) is 13.7. The average Bonchev–Trinajstić information content (AvgIpc) is 2.62. The van der Waals surface area contributed by atoms with Crippen LogP contribution in [0.1, 0.15) is 0 Å². The number of para-hydroxylation sites is 1. The van der Waals surface area contributed by atoms with Crippen LogP contribution >= 0.6 is 0 Å². The summed E-state index contributed by atoms with van der Waals surface area (Å²) in [5.41, 5.74) is 1.74. The van der Waals surface area contributed by atoms with Crippen LogP contribution in [-0.2, 0) is 4.74 Å². The topological polar surface area (TPSA) is 68.3 Å². The number of ether oxygens (including phenoxy) is 2. The molecule has 3 aromatic rings. The lowest BCUT2D eigenvalue weighted by molar-refractivity contribution is 0.210. The Labute approximate surface area is 140 Å². The van der Waals surface area contributed by atoms with Gasteiger partial charge >= 0.3 is 0 Å². The lowest BCUT2D eigenvalue weighted by atomic mass is 10.2. The summed E-state index contributed by atoms with van der Waals surface area (Å²) >= 11 is 0. The highest BCUT2D eigenvalue weighted by Crippen LogP contribution is 2.24. The van der Waals surface area contributed by atoms with Gasteiger partial charge in [-0.05, 0) is 24.3 Å². The van der Waals surface area contributed by atoms with Crippen LogP contribution < -0.4 is 15.4 Å². The van der Waals surface area contributed by atoms with Gasteiger partial charge in [-0.3, -0.25) is 0 Å². The van der Waals surface area contributed by atoms with Crippen molar-refractivity contribution >= 4 is 28.4 Å². The van der Waals surface area contributed by atoms with Gasteiger partial charge in [-0.15, -0.1) is 0 Å². The van der Waals surface area contributed by atoms with Gasteiger partial charge in [-0.1, -0.05) is 18.2 Å². The van der Waals surface area contributed by atoms with Crippen LogP contribution in [0.3, 0.4) is 0 Å². The van der Waals surface area contributed by atoms with Crippen LogP contribution in [0.5, 0.6) is 5.75 Å². The zero-order chi connectivity index (χ0) is 16.8. The van der Waals surface area contributed by atoms with Gasteiger partial charge in [0.25, 0.3) is 0 Å². The molecule has 0 atom stereocenters. The first-order chi connectivity index (χ1) is 11.8. The summed E-state index contributed by atoms with van der Waals surface area (Å²) < 4.78 is 10.3. The van der Waals surface area contributed by atoms with Crippen LogP contribution in [0.25, 0.3) is 10.9 Å². The van der Waals surface area contributed by atoms with E-state index in [4.69, 9.17) is 9.47 Å². The summed E-state index contributed by atoms with van der Waals surface area (Å²) in [5.74, 6) is 2.09. The first kappa shape index (κ1) is 16.0. The maximum Gasteiger partial charge on any atom is 0.229 e. The largest absolute Gasteiger partial charge is 0.497 e. The Morgan fingerprint density at radius 3 is 2.71 bits per heavy atom. The minimum atomic E-state index is 0.530. The number of aromatic nitrogens is 2. The Balaban J connectivity index is 1.92. The second-order valence-electron chi connectivity index (χ2n) is 5.19. The molecule has 0 spiro atoms. The number of fused-ring (bicyclic) bond motifs is 1. The summed E-state index contributed by atoms with van der Waals surface area (Å²) in [7, 11) is 3.32.